The molecule has 0 saturated carbocycles. The van der Waals surface area contributed by atoms with Gasteiger partial charge in [-0.25, -0.2) is 0 Å². The SMILES string of the molecule is CCn1ncc2c1CCC[C@H]2N[C@@H](C)C(=O)Nc1cc(C)on1. The Morgan fingerprint density at radius 2 is 2.39 bits per heavy atom. The molecule has 1 aliphatic rings. The molecule has 0 aliphatic heterocycles. The topological polar surface area (TPSA) is 85.0 Å². The molecule has 0 unspecified atom stereocenters. The summed E-state index contributed by atoms with van der Waals surface area (Å²) in [4.78, 5) is 12.3. The summed E-state index contributed by atoms with van der Waals surface area (Å²) >= 11 is 0. The van der Waals surface area contributed by atoms with E-state index in [0.717, 1.165) is 25.8 Å². The quantitative estimate of drug-likeness (QED) is 0.883. The lowest BCUT2D eigenvalue weighted by Crippen LogP contribution is -2.41. The van der Waals surface area contributed by atoms with Gasteiger partial charge in [0.25, 0.3) is 0 Å². The van der Waals surface area contributed by atoms with E-state index in [9.17, 15) is 4.79 Å². The van der Waals surface area contributed by atoms with Crippen molar-refractivity contribution in [3.63, 3.8) is 0 Å². The van der Waals surface area contributed by atoms with E-state index in [1.807, 2.05) is 17.8 Å². The van der Waals surface area contributed by atoms with Crippen LogP contribution < -0.4 is 10.6 Å². The zero-order valence-corrected chi connectivity index (χ0v) is 13.8. The molecule has 0 spiro atoms. The van der Waals surface area contributed by atoms with Gasteiger partial charge >= 0.3 is 0 Å². The van der Waals surface area contributed by atoms with E-state index in [1.54, 1.807) is 13.0 Å². The van der Waals surface area contributed by atoms with Crippen molar-refractivity contribution < 1.29 is 9.32 Å². The van der Waals surface area contributed by atoms with Crippen molar-refractivity contribution in [2.75, 3.05) is 5.32 Å². The van der Waals surface area contributed by atoms with Gasteiger partial charge in [0.05, 0.1) is 12.2 Å². The van der Waals surface area contributed by atoms with Crippen molar-refractivity contribution in [3.8, 4) is 0 Å². The number of aromatic nitrogens is 3. The number of carbonyl (C=O) groups excluding carboxylic acids is 1. The molecule has 2 aromatic rings. The first kappa shape index (κ1) is 15.7. The summed E-state index contributed by atoms with van der Waals surface area (Å²) in [6.07, 6.45) is 5.11. The Labute approximate surface area is 135 Å². The van der Waals surface area contributed by atoms with Crippen molar-refractivity contribution >= 4 is 11.7 Å². The van der Waals surface area contributed by atoms with E-state index in [2.05, 4.69) is 27.8 Å². The van der Waals surface area contributed by atoms with Gasteiger partial charge in [0.15, 0.2) is 5.82 Å². The van der Waals surface area contributed by atoms with Crippen LogP contribution in [0.3, 0.4) is 0 Å². The zero-order valence-electron chi connectivity index (χ0n) is 13.8. The van der Waals surface area contributed by atoms with Gasteiger partial charge in [-0.05, 0) is 40.0 Å². The first-order valence-electron chi connectivity index (χ1n) is 8.13. The molecule has 0 saturated heterocycles. The average Bonchev–Trinajstić information content (AvgIpc) is 3.13. The smallest absolute Gasteiger partial charge is 0.242 e. The van der Waals surface area contributed by atoms with Crippen LogP contribution in [0.4, 0.5) is 5.82 Å². The second kappa shape index (κ2) is 6.54. The predicted molar refractivity (Wildman–Crippen MR) is 86.0 cm³/mol. The molecule has 2 N–H and O–H groups in total. The molecule has 0 bridgehead atoms. The van der Waals surface area contributed by atoms with Gasteiger partial charge in [0, 0.05) is 29.9 Å². The van der Waals surface area contributed by atoms with E-state index in [-0.39, 0.29) is 18.0 Å². The summed E-state index contributed by atoms with van der Waals surface area (Å²) in [6.45, 7) is 6.63. The number of nitrogens with one attached hydrogen (secondary N) is 2. The minimum atomic E-state index is -0.326. The third kappa shape index (κ3) is 3.29. The Morgan fingerprint density at radius 3 is 3.09 bits per heavy atom. The number of rotatable bonds is 5. The second-order valence-corrected chi connectivity index (χ2v) is 6.01. The van der Waals surface area contributed by atoms with E-state index >= 15 is 0 Å². The van der Waals surface area contributed by atoms with Crippen LogP contribution in [0.15, 0.2) is 16.8 Å². The lowest BCUT2D eigenvalue weighted by molar-refractivity contribution is -0.118. The Hall–Kier alpha value is -2.15. The summed E-state index contributed by atoms with van der Waals surface area (Å²) in [6, 6.07) is 1.54. The van der Waals surface area contributed by atoms with Gasteiger partial charge in [0.2, 0.25) is 5.91 Å². The summed E-state index contributed by atoms with van der Waals surface area (Å²) in [5.74, 6) is 1.00. The van der Waals surface area contributed by atoms with Crippen LogP contribution in [0.25, 0.3) is 0 Å². The molecule has 2 heterocycles. The summed E-state index contributed by atoms with van der Waals surface area (Å²) in [7, 11) is 0. The summed E-state index contributed by atoms with van der Waals surface area (Å²) in [5, 5.41) is 14.4. The highest BCUT2D eigenvalue weighted by Crippen LogP contribution is 2.30. The van der Waals surface area contributed by atoms with Crippen LogP contribution in [-0.4, -0.2) is 26.9 Å². The summed E-state index contributed by atoms with van der Waals surface area (Å²) < 4.78 is 7.01. The lowest BCUT2D eigenvalue weighted by Gasteiger charge is -2.26. The molecule has 0 aromatic carbocycles. The molecule has 0 radical (unpaired) electrons. The van der Waals surface area contributed by atoms with Crippen molar-refractivity contribution in [1.29, 1.82) is 0 Å². The fraction of sp³-hybridized carbons (Fsp3) is 0.562. The normalized spacial score (nSPS) is 18.5. The van der Waals surface area contributed by atoms with E-state index in [1.165, 1.54) is 11.3 Å². The van der Waals surface area contributed by atoms with Crippen LogP contribution in [0.5, 0.6) is 0 Å². The largest absolute Gasteiger partial charge is 0.360 e. The number of amides is 1. The molecule has 1 aliphatic carbocycles. The second-order valence-electron chi connectivity index (χ2n) is 6.01. The zero-order chi connectivity index (χ0) is 16.4. The van der Waals surface area contributed by atoms with Crippen molar-refractivity contribution in [2.24, 2.45) is 0 Å². The van der Waals surface area contributed by atoms with Crippen LogP contribution in [0.1, 0.15) is 49.7 Å². The summed E-state index contributed by atoms with van der Waals surface area (Å²) in [5.41, 5.74) is 2.51. The van der Waals surface area contributed by atoms with Crippen LogP contribution in [0.2, 0.25) is 0 Å². The molecule has 23 heavy (non-hydrogen) atoms. The maximum Gasteiger partial charge on any atom is 0.242 e. The van der Waals surface area contributed by atoms with Gasteiger partial charge in [-0.1, -0.05) is 5.16 Å². The van der Waals surface area contributed by atoms with Gasteiger partial charge in [-0.2, -0.15) is 5.10 Å². The highest BCUT2D eigenvalue weighted by Gasteiger charge is 2.26. The minimum Gasteiger partial charge on any atom is -0.360 e. The Bertz CT molecular complexity index is 690. The van der Waals surface area contributed by atoms with Crippen molar-refractivity contribution in [2.45, 2.75) is 58.7 Å². The minimum absolute atomic E-state index is 0.117. The first-order valence-corrected chi connectivity index (χ1v) is 8.13. The maximum atomic E-state index is 12.3. The van der Waals surface area contributed by atoms with Crippen LogP contribution in [0, 0.1) is 6.92 Å². The van der Waals surface area contributed by atoms with Gasteiger partial charge in [-0.15, -0.1) is 0 Å². The fourth-order valence-electron chi connectivity index (χ4n) is 3.10. The number of carbonyl (C=O) groups is 1. The molecule has 0 fully saturated rings. The van der Waals surface area contributed by atoms with Gasteiger partial charge < -0.3 is 9.84 Å². The molecule has 1 amide bonds. The fourth-order valence-corrected chi connectivity index (χ4v) is 3.10. The molecule has 7 heteroatoms. The third-order valence-corrected chi connectivity index (χ3v) is 4.29. The lowest BCUT2D eigenvalue weighted by atomic mass is 9.92. The molecule has 7 nitrogen and oxygen atoms in total. The standard InChI is InChI=1S/C16H23N5O2/c1-4-21-14-7-5-6-13(12(14)9-17-21)18-11(3)16(22)19-15-8-10(2)23-20-15/h8-9,11,13,18H,4-7H2,1-3H3,(H,19,20,22)/t11-,13+/m0/s1. The molecular weight excluding hydrogens is 294 g/mol. The predicted octanol–water partition coefficient (Wildman–Crippen LogP) is 2.19. The van der Waals surface area contributed by atoms with E-state index in [4.69, 9.17) is 4.52 Å². The highest BCUT2D eigenvalue weighted by molar-refractivity contribution is 5.93. The number of nitrogens with zero attached hydrogens (tertiary/aromatic N) is 3. The number of aryl methyl sites for hydroxylation is 2. The highest BCUT2D eigenvalue weighted by atomic mass is 16.5. The molecule has 2 atom stereocenters. The Kier molecular flexibility index (Phi) is 4.47. The van der Waals surface area contributed by atoms with E-state index in [0.29, 0.717) is 11.6 Å². The third-order valence-electron chi connectivity index (χ3n) is 4.29. The number of hydrogen-bond donors (Lipinski definition) is 2. The van der Waals surface area contributed by atoms with Crippen molar-refractivity contribution in [1.82, 2.24) is 20.3 Å². The average molecular weight is 317 g/mol. The Morgan fingerprint density at radius 1 is 1.57 bits per heavy atom. The monoisotopic (exact) mass is 317 g/mol. The maximum absolute atomic E-state index is 12.3. The van der Waals surface area contributed by atoms with Crippen LogP contribution >= 0.6 is 0 Å². The number of fused-ring (bicyclic) bond motifs is 1. The molecular formula is C16H23N5O2. The van der Waals surface area contributed by atoms with Crippen molar-refractivity contribution in [3.05, 3.63) is 29.3 Å². The number of hydrogen-bond acceptors (Lipinski definition) is 5. The van der Waals surface area contributed by atoms with E-state index < -0.39 is 0 Å². The molecule has 2 aromatic heterocycles. The van der Waals surface area contributed by atoms with Gasteiger partial charge in [-0.3, -0.25) is 14.8 Å². The van der Waals surface area contributed by atoms with Crippen LogP contribution in [-0.2, 0) is 17.8 Å². The first-order chi connectivity index (χ1) is 11.1. The number of anilines is 1. The Balaban J connectivity index is 1.65. The molecule has 3 rings (SSSR count). The van der Waals surface area contributed by atoms with Gasteiger partial charge in [0.1, 0.15) is 5.76 Å². The molecule has 124 valence electrons.